The van der Waals surface area contributed by atoms with Crippen LogP contribution >= 0.6 is 11.6 Å². The number of rotatable bonds is 8. The predicted molar refractivity (Wildman–Crippen MR) is 153 cm³/mol. The molecule has 1 aliphatic rings. The zero-order valence-electron chi connectivity index (χ0n) is 21.6. The lowest BCUT2D eigenvalue weighted by Gasteiger charge is -2.26. The minimum absolute atomic E-state index is 0.156. The summed E-state index contributed by atoms with van der Waals surface area (Å²) in [7, 11) is 0. The number of halogens is 1. The quantitative estimate of drug-likeness (QED) is 0.200. The number of ether oxygens (including phenoxy) is 2. The number of imide groups is 2. The van der Waals surface area contributed by atoms with Gasteiger partial charge in [0.25, 0.3) is 11.8 Å². The number of hydrogen-bond donors (Lipinski definition) is 1. The Hall–Kier alpha value is -4.88. The molecule has 0 spiro atoms. The van der Waals surface area contributed by atoms with Crippen LogP contribution in [0, 0.1) is 6.92 Å². The zero-order valence-corrected chi connectivity index (χ0v) is 22.4. The largest absolute Gasteiger partial charge is 0.489 e. The smallest absolute Gasteiger partial charge is 0.335 e. The molecule has 0 aromatic heterocycles. The first-order valence-electron chi connectivity index (χ1n) is 12.5. The van der Waals surface area contributed by atoms with Crippen LogP contribution in [0.1, 0.15) is 22.3 Å². The van der Waals surface area contributed by atoms with Gasteiger partial charge in [-0.1, -0.05) is 65.7 Å². The van der Waals surface area contributed by atoms with Gasteiger partial charge in [-0.25, -0.2) is 9.69 Å². The van der Waals surface area contributed by atoms with E-state index >= 15 is 0 Å². The highest BCUT2D eigenvalue weighted by Crippen LogP contribution is 2.25. The monoisotopic (exact) mass is 552 g/mol. The minimum atomic E-state index is -0.818. The molecule has 1 aliphatic heterocycles. The van der Waals surface area contributed by atoms with Crippen molar-refractivity contribution in [2.45, 2.75) is 20.1 Å². The molecule has 200 valence electrons. The molecule has 40 heavy (non-hydrogen) atoms. The Labute approximate surface area is 236 Å². The second kappa shape index (κ2) is 11.9. The van der Waals surface area contributed by atoms with Crippen LogP contribution in [0.4, 0.5) is 10.5 Å². The summed E-state index contributed by atoms with van der Waals surface area (Å²) in [4.78, 5) is 39.3. The topological polar surface area (TPSA) is 84.9 Å². The standard InChI is InChI=1S/C32H25ClN2O5/c1-21-2-4-23(5-3-21)19-39-27-14-8-22(9-15-27)18-29-30(36)34-32(38)35(31(29)37)26-12-16-28(17-13-26)40-20-24-6-10-25(33)11-7-24/h2-18H,19-20H2,1H3,(H,34,36,38)/b29-18+. The summed E-state index contributed by atoms with van der Waals surface area (Å²) >= 11 is 5.91. The third kappa shape index (κ3) is 6.39. The second-order valence-corrected chi connectivity index (χ2v) is 9.65. The summed E-state index contributed by atoms with van der Waals surface area (Å²) in [5, 5.41) is 2.88. The van der Waals surface area contributed by atoms with Crippen LogP contribution in [0.2, 0.25) is 5.02 Å². The van der Waals surface area contributed by atoms with Crippen molar-refractivity contribution in [2.75, 3.05) is 4.90 Å². The molecule has 5 rings (SSSR count). The van der Waals surface area contributed by atoms with Crippen LogP contribution in [0.5, 0.6) is 11.5 Å². The van der Waals surface area contributed by atoms with E-state index in [9.17, 15) is 14.4 Å². The van der Waals surface area contributed by atoms with Gasteiger partial charge in [0.2, 0.25) is 0 Å². The number of hydrogen-bond acceptors (Lipinski definition) is 5. The molecule has 0 aliphatic carbocycles. The third-order valence-electron chi connectivity index (χ3n) is 6.23. The first-order valence-corrected chi connectivity index (χ1v) is 12.9. The van der Waals surface area contributed by atoms with E-state index in [1.54, 1.807) is 60.7 Å². The maximum Gasteiger partial charge on any atom is 0.335 e. The fourth-order valence-corrected chi connectivity index (χ4v) is 4.13. The number of anilines is 1. The van der Waals surface area contributed by atoms with Crippen LogP contribution in [0.25, 0.3) is 6.08 Å². The summed E-state index contributed by atoms with van der Waals surface area (Å²) in [6, 6.07) is 28.0. The summed E-state index contributed by atoms with van der Waals surface area (Å²) in [5.74, 6) is -0.269. The lowest BCUT2D eigenvalue weighted by atomic mass is 10.1. The molecule has 1 heterocycles. The number of urea groups is 1. The molecule has 1 fully saturated rings. The number of nitrogens with zero attached hydrogens (tertiary/aromatic N) is 1. The number of barbiturate groups is 1. The number of aryl methyl sites for hydroxylation is 1. The van der Waals surface area contributed by atoms with Gasteiger partial charge < -0.3 is 9.47 Å². The number of nitrogens with one attached hydrogen (secondary N) is 1. The van der Waals surface area contributed by atoms with Gasteiger partial charge in [-0.2, -0.15) is 0 Å². The highest BCUT2D eigenvalue weighted by molar-refractivity contribution is 6.39. The van der Waals surface area contributed by atoms with Gasteiger partial charge in [-0.15, -0.1) is 0 Å². The van der Waals surface area contributed by atoms with Crippen LogP contribution in [0.3, 0.4) is 0 Å². The highest BCUT2D eigenvalue weighted by Gasteiger charge is 2.36. The van der Waals surface area contributed by atoms with Gasteiger partial charge in [0.05, 0.1) is 5.69 Å². The van der Waals surface area contributed by atoms with Gasteiger partial charge in [-0.05, 0) is 78.2 Å². The predicted octanol–water partition coefficient (Wildman–Crippen LogP) is 6.47. The maximum atomic E-state index is 13.2. The van der Waals surface area contributed by atoms with Gasteiger partial charge in [0.15, 0.2) is 0 Å². The molecule has 0 unspecified atom stereocenters. The molecule has 4 amide bonds. The first-order chi connectivity index (χ1) is 19.4. The number of amides is 4. The van der Waals surface area contributed by atoms with Gasteiger partial charge >= 0.3 is 6.03 Å². The molecular formula is C32H25ClN2O5. The Morgan fingerprint density at radius 2 is 1.25 bits per heavy atom. The number of carbonyl (C=O) groups is 3. The van der Waals surface area contributed by atoms with E-state index in [1.165, 1.54) is 11.6 Å². The van der Waals surface area contributed by atoms with Crippen LogP contribution < -0.4 is 19.7 Å². The number of benzene rings is 4. The molecule has 4 aromatic carbocycles. The van der Waals surface area contributed by atoms with Crippen molar-refractivity contribution in [3.8, 4) is 11.5 Å². The maximum absolute atomic E-state index is 13.2. The Kier molecular flexibility index (Phi) is 7.94. The van der Waals surface area contributed by atoms with E-state index in [0.29, 0.717) is 41.0 Å². The SMILES string of the molecule is Cc1ccc(COc2ccc(/C=C3\C(=O)NC(=O)N(c4ccc(OCc5ccc(Cl)cc5)cc4)C3=O)cc2)cc1. The van der Waals surface area contributed by atoms with Gasteiger partial charge in [0, 0.05) is 5.02 Å². The molecule has 1 N–H and O–H groups in total. The van der Waals surface area contributed by atoms with Crippen molar-refractivity contribution >= 4 is 41.2 Å². The number of carbonyl (C=O) groups excluding carboxylic acids is 3. The fraction of sp³-hybridized carbons (Fsp3) is 0.0938. The van der Waals surface area contributed by atoms with Crippen molar-refractivity contribution in [1.82, 2.24) is 5.32 Å². The van der Waals surface area contributed by atoms with Crippen molar-refractivity contribution in [1.29, 1.82) is 0 Å². The Bertz CT molecular complexity index is 1560. The first kappa shape index (κ1) is 26.7. The zero-order chi connectivity index (χ0) is 28.1. The molecule has 8 heteroatoms. The van der Waals surface area contributed by atoms with E-state index in [4.69, 9.17) is 21.1 Å². The van der Waals surface area contributed by atoms with E-state index < -0.39 is 17.8 Å². The van der Waals surface area contributed by atoms with Gasteiger partial charge in [0.1, 0.15) is 30.3 Å². The molecule has 0 radical (unpaired) electrons. The highest BCUT2D eigenvalue weighted by atomic mass is 35.5. The molecule has 0 atom stereocenters. The fourth-order valence-electron chi connectivity index (χ4n) is 4.01. The van der Waals surface area contributed by atoms with Gasteiger partial charge in [-0.3, -0.25) is 14.9 Å². The van der Waals surface area contributed by atoms with E-state index in [1.807, 2.05) is 43.3 Å². The van der Waals surface area contributed by atoms with Crippen molar-refractivity contribution in [3.05, 3.63) is 130 Å². The van der Waals surface area contributed by atoms with Crippen LogP contribution in [0.15, 0.2) is 103 Å². The van der Waals surface area contributed by atoms with Crippen molar-refractivity contribution < 1.29 is 23.9 Å². The molecule has 0 bridgehead atoms. The lowest BCUT2D eigenvalue weighted by Crippen LogP contribution is -2.54. The normalized spacial score (nSPS) is 14.3. The molecule has 1 saturated heterocycles. The Morgan fingerprint density at radius 1 is 0.725 bits per heavy atom. The van der Waals surface area contributed by atoms with Crippen molar-refractivity contribution in [3.63, 3.8) is 0 Å². The Morgan fingerprint density at radius 3 is 1.82 bits per heavy atom. The van der Waals surface area contributed by atoms with E-state index in [2.05, 4.69) is 5.32 Å². The second-order valence-electron chi connectivity index (χ2n) is 9.21. The molecule has 4 aromatic rings. The van der Waals surface area contributed by atoms with Crippen LogP contribution in [-0.2, 0) is 22.8 Å². The third-order valence-corrected chi connectivity index (χ3v) is 6.48. The van der Waals surface area contributed by atoms with Crippen molar-refractivity contribution in [2.24, 2.45) is 0 Å². The molecule has 7 nitrogen and oxygen atoms in total. The molecular weight excluding hydrogens is 528 g/mol. The average Bonchev–Trinajstić information content (AvgIpc) is 2.96. The summed E-state index contributed by atoms with van der Waals surface area (Å²) in [5.41, 5.74) is 3.93. The van der Waals surface area contributed by atoms with E-state index in [0.717, 1.165) is 16.0 Å². The van der Waals surface area contributed by atoms with E-state index in [-0.39, 0.29) is 5.57 Å². The average molecular weight is 553 g/mol. The summed E-state index contributed by atoms with van der Waals surface area (Å²) in [6.07, 6.45) is 1.45. The summed E-state index contributed by atoms with van der Waals surface area (Å²) < 4.78 is 11.6. The summed E-state index contributed by atoms with van der Waals surface area (Å²) in [6.45, 7) is 2.78. The minimum Gasteiger partial charge on any atom is -0.489 e. The Balaban J connectivity index is 1.25. The molecule has 0 saturated carbocycles. The lowest BCUT2D eigenvalue weighted by molar-refractivity contribution is -0.122. The van der Waals surface area contributed by atoms with Crippen LogP contribution in [-0.4, -0.2) is 17.8 Å².